The van der Waals surface area contributed by atoms with Gasteiger partial charge in [0.2, 0.25) is 5.91 Å². The van der Waals surface area contributed by atoms with Gasteiger partial charge in [0.05, 0.1) is 6.61 Å². The topological polar surface area (TPSA) is 50.4 Å². The molecule has 0 aliphatic carbocycles. The van der Waals surface area contributed by atoms with E-state index in [0.29, 0.717) is 5.69 Å². The average molecular weight is 276 g/mol. The second-order valence-electron chi connectivity index (χ2n) is 3.85. The highest BCUT2D eigenvalue weighted by Crippen LogP contribution is 2.15. The van der Waals surface area contributed by atoms with Crippen molar-refractivity contribution >= 4 is 17.3 Å². The maximum Gasteiger partial charge on any atom is 0.411 e. The van der Waals surface area contributed by atoms with Gasteiger partial charge in [-0.25, -0.2) is 0 Å². The predicted octanol–water partition coefficient (Wildman–Crippen LogP) is 2.64. The fourth-order valence-corrected chi connectivity index (χ4v) is 1.33. The number of anilines is 2. The summed E-state index contributed by atoms with van der Waals surface area (Å²) in [5, 5.41) is 5.51. The lowest BCUT2D eigenvalue weighted by atomic mass is 10.3. The maximum absolute atomic E-state index is 11.8. The Morgan fingerprint density at radius 2 is 1.79 bits per heavy atom. The van der Waals surface area contributed by atoms with Crippen molar-refractivity contribution in [3.05, 3.63) is 24.3 Å². The van der Waals surface area contributed by atoms with Crippen LogP contribution in [-0.2, 0) is 9.53 Å². The molecule has 1 amide bonds. The number of alkyl halides is 3. The molecule has 0 fully saturated rings. The highest BCUT2D eigenvalue weighted by molar-refractivity contribution is 5.88. The van der Waals surface area contributed by atoms with Crippen molar-refractivity contribution in [1.82, 2.24) is 0 Å². The molecule has 106 valence electrons. The summed E-state index contributed by atoms with van der Waals surface area (Å²) in [4.78, 5) is 10.8. The molecule has 7 heteroatoms. The van der Waals surface area contributed by atoms with Gasteiger partial charge in [-0.3, -0.25) is 4.79 Å². The van der Waals surface area contributed by atoms with Crippen LogP contribution in [0.4, 0.5) is 24.5 Å². The van der Waals surface area contributed by atoms with E-state index in [2.05, 4.69) is 15.4 Å². The van der Waals surface area contributed by atoms with Crippen molar-refractivity contribution < 1.29 is 22.7 Å². The number of carbonyl (C=O) groups is 1. The Labute approximate surface area is 108 Å². The van der Waals surface area contributed by atoms with Crippen molar-refractivity contribution in [2.24, 2.45) is 0 Å². The fourth-order valence-electron chi connectivity index (χ4n) is 1.33. The van der Waals surface area contributed by atoms with Crippen LogP contribution >= 0.6 is 0 Å². The quantitative estimate of drug-likeness (QED) is 0.785. The molecule has 0 radical (unpaired) electrons. The number of ether oxygens (including phenoxy) is 1. The van der Waals surface area contributed by atoms with Crippen LogP contribution in [-0.4, -0.2) is 31.8 Å². The zero-order chi connectivity index (χ0) is 14.3. The minimum absolute atomic E-state index is 0.0348. The first kappa shape index (κ1) is 15.3. The van der Waals surface area contributed by atoms with Crippen molar-refractivity contribution in [2.45, 2.75) is 13.1 Å². The second kappa shape index (κ2) is 6.98. The second-order valence-corrected chi connectivity index (χ2v) is 3.85. The summed E-state index contributed by atoms with van der Waals surface area (Å²) in [6.45, 7) is 0.406. The molecule has 1 rings (SSSR count). The Kier molecular flexibility index (Phi) is 5.62. The number of amides is 1. The number of benzene rings is 1. The van der Waals surface area contributed by atoms with E-state index in [4.69, 9.17) is 0 Å². The monoisotopic (exact) mass is 276 g/mol. The predicted molar refractivity (Wildman–Crippen MR) is 66.1 cm³/mol. The summed E-state index contributed by atoms with van der Waals surface area (Å²) in [7, 11) is 0. The van der Waals surface area contributed by atoms with E-state index in [1.807, 2.05) is 0 Å². The van der Waals surface area contributed by atoms with Crippen LogP contribution in [0.3, 0.4) is 0 Å². The van der Waals surface area contributed by atoms with Crippen LogP contribution in [0.5, 0.6) is 0 Å². The molecule has 0 unspecified atom stereocenters. The van der Waals surface area contributed by atoms with E-state index in [0.717, 1.165) is 5.69 Å². The SMILES string of the molecule is CC(=O)Nc1ccc(NCCOCC(F)(F)F)cc1. The molecular formula is C12H15F3N2O2. The van der Waals surface area contributed by atoms with Crippen LogP contribution in [0.15, 0.2) is 24.3 Å². The molecule has 19 heavy (non-hydrogen) atoms. The van der Waals surface area contributed by atoms with Gasteiger partial charge in [0, 0.05) is 24.8 Å². The van der Waals surface area contributed by atoms with Gasteiger partial charge >= 0.3 is 6.18 Å². The Morgan fingerprint density at radius 1 is 1.21 bits per heavy atom. The third kappa shape index (κ3) is 7.30. The molecule has 0 saturated carbocycles. The molecule has 0 heterocycles. The Bertz CT molecular complexity index is 404. The Morgan fingerprint density at radius 3 is 2.32 bits per heavy atom. The summed E-state index contributed by atoms with van der Waals surface area (Å²) in [6, 6.07) is 6.82. The molecule has 1 aromatic carbocycles. The summed E-state index contributed by atoms with van der Waals surface area (Å²) in [5.74, 6) is -0.166. The van der Waals surface area contributed by atoms with Gasteiger partial charge < -0.3 is 15.4 Å². The van der Waals surface area contributed by atoms with Gasteiger partial charge in [0.1, 0.15) is 6.61 Å². The average Bonchev–Trinajstić information content (AvgIpc) is 2.28. The maximum atomic E-state index is 11.8. The normalized spacial score (nSPS) is 11.2. The molecule has 2 N–H and O–H groups in total. The van der Waals surface area contributed by atoms with E-state index in [9.17, 15) is 18.0 Å². The van der Waals surface area contributed by atoms with E-state index in [1.165, 1.54) is 6.92 Å². The number of carbonyl (C=O) groups excluding carboxylic acids is 1. The fraction of sp³-hybridized carbons (Fsp3) is 0.417. The van der Waals surface area contributed by atoms with Gasteiger partial charge in [-0.15, -0.1) is 0 Å². The number of rotatable bonds is 6. The van der Waals surface area contributed by atoms with E-state index < -0.39 is 12.8 Å². The first-order valence-corrected chi connectivity index (χ1v) is 5.63. The summed E-state index contributed by atoms with van der Waals surface area (Å²) < 4.78 is 39.8. The zero-order valence-electron chi connectivity index (χ0n) is 10.4. The van der Waals surface area contributed by atoms with Gasteiger partial charge in [-0.2, -0.15) is 13.2 Å². The lowest BCUT2D eigenvalue weighted by Crippen LogP contribution is -2.20. The first-order valence-electron chi connectivity index (χ1n) is 5.63. The molecule has 0 bridgehead atoms. The molecule has 0 atom stereocenters. The third-order valence-corrected chi connectivity index (χ3v) is 2.05. The van der Waals surface area contributed by atoms with E-state index in [1.54, 1.807) is 24.3 Å². The van der Waals surface area contributed by atoms with Crippen molar-refractivity contribution in [3.8, 4) is 0 Å². The summed E-state index contributed by atoms with van der Waals surface area (Å²) >= 11 is 0. The van der Waals surface area contributed by atoms with Crippen LogP contribution in [0.25, 0.3) is 0 Å². The van der Waals surface area contributed by atoms with Crippen LogP contribution < -0.4 is 10.6 Å². The largest absolute Gasteiger partial charge is 0.411 e. The smallest absolute Gasteiger partial charge is 0.383 e. The molecule has 0 saturated heterocycles. The Balaban J connectivity index is 2.25. The minimum atomic E-state index is -4.29. The molecule has 0 aliphatic heterocycles. The van der Waals surface area contributed by atoms with Crippen LogP contribution in [0.2, 0.25) is 0 Å². The van der Waals surface area contributed by atoms with Gasteiger partial charge in [-0.1, -0.05) is 0 Å². The van der Waals surface area contributed by atoms with Gasteiger partial charge in [-0.05, 0) is 24.3 Å². The lowest BCUT2D eigenvalue weighted by Gasteiger charge is -2.10. The van der Waals surface area contributed by atoms with Crippen molar-refractivity contribution in [3.63, 3.8) is 0 Å². The van der Waals surface area contributed by atoms with Crippen LogP contribution in [0, 0.1) is 0 Å². The molecule has 4 nitrogen and oxygen atoms in total. The number of hydrogen-bond acceptors (Lipinski definition) is 3. The summed E-state index contributed by atoms with van der Waals surface area (Å²) in [5.41, 5.74) is 1.40. The van der Waals surface area contributed by atoms with E-state index in [-0.39, 0.29) is 19.1 Å². The highest BCUT2D eigenvalue weighted by Gasteiger charge is 2.27. The zero-order valence-corrected chi connectivity index (χ0v) is 10.4. The van der Waals surface area contributed by atoms with Gasteiger partial charge in [0.15, 0.2) is 0 Å². The third-order valence-electron chi connectivity index (χ3n) is 2.05. The number of nitrogens with one attached hydrogen (secondary N) is 2. The molecule has 1 aromatic rings. The van der Waals surface area contributed by atoms with Gasteiger partial charge in [0.25, 0.3) is 0 Å². The molecular weight excluding hydrogens is 261 g/mol. The standard InChI is InChI=1S/C12H15F3N2O2/c1-9(18)17-11-4-2-10(3-5-11)16-6-7-19-8-12(13,14)15/h2-5,16H,6-8H2,1H3,(H,17,18). The molecule has 0 aliphatic rings. The van der Waals surface area contributed by atoms with Crippen LogP contribution in [0.1, 0.15) is 6.92 Å². The van der Waals surface area contributed by atoms with E-state index >= 15 is 0 Å². The number of halogens is 3. The number of hydrogen-bond donors (Lipinski definition) is 2. The van der Waals surface area contributed by atoms with Crippen molar-refractivity contribution in [1.29, 1.82) is 0 Å². The summed E-state index contributed by atoms with van der Waals surface area (Å²) in [6.07, 6.45) is -4.29. The minimum Gasteiger partial charge on any atom is -0.383 e. The molecule has 0 spiro atoms. The first-order chi connectivity index (χ1) is 8.87. The van der Waals surface area contributed by atoms with Crippen molar-refractivity contribution in [2.75, 3.05) is 30.4 Å². The highest BCUT2D eigenvalue weighted by atomic mass is 19.4. The molecule has 0 aromatic heterocycles. The lowest BCUT2D eigenvalue weighted by molar-refractivity contribution is -0.172. The Hall–Kier alpha value is -1.76.